The van der Waals surface area contributed by atoms with Crippen LogP contribution >= 0.6 is 0 Å². The van der Waals surface area contributed by atoms with Crippen LogP contribution in [0.4, 0.5) is 0 Å². The quantitative estimate of drug-likeness (QED) is 0.857. The van der Waals surface area contributed by atoms with E-state index in [0.29, 0.717) is 11.5 Å². The molecule has 112 valence electrons. The van der Waals surface area contributed by atoms with Crippen molar-refractivity contribution in [3.05, 3.63) is 53.1 Å². The van der Waals surface area contributed by atoms with Crippen LogP contribution in [0.25, 0.3) is 0 Å². The lowest BCUT2D eigenvalue weighted by Crippen LogP contribution is -2.06. The minimum atomic E-state index is -0.0194. The van der Waals surface area contributed by atoms with Gasteiger partial charge in [0.1, 0.15) is 5.75 Å². The summed E-state index contributed by atoms with van der Waals surface area (Å²) in [7, 11) is 3.52. The molecule has 0 spiro atoms. The summed E-state index contributed by atoms with van der Waals surface area (Å²) in [6.45, 7) is 2.88. The third-order valence-corrected chi connectivity index (χ3v) is 3.32. The third kappa shape index (κ3) is 3.74. The van der Waals surface area contributed by atoms with Gasteiger partial charge in [-0.25, -0.2) is 0 Å². The number of hydrogen-bond acceptors (Lipinski definition) is 4. The van der Waals surface area contributed by atoms with Crippen LogP contribution < -0.4 is 14.8 Å². The molecular weight excluding hydrogens is 266 g/mol. The second-order valence-corrected chi connectivity index (χ2v) is 4.86. The zero-order valence-corrected chi connectivity index (χ0v) is 12.6. The van der Waals surface area contributed by atoms with Crippen molar-refractivity contribution in [1.29, 1.82) is 0 Å². The van der Waals surface area contributed by atoms with Gasteiger partial charge in [0.15, 0.2) is 11.5 Å². The van der Waals surface area contributed by atoms with Crippen LogP contribution in [0.2, 0.25) is 0 Å². The van der Waals surface area contributed by atoms with Crippen LogP contribution in [0.15, 0.2) is 36.4 Å². The highest BCUT2D eigenvalue weighted by atomic mass is 16.5. The van der Waals surface area contributed by atoms with Gasteiger partial charge in [0.2, 0.25) is 0 Å². The Balaban J connectivity index is 2.23. The average molecular weight is 287 g/mol. The molecule has 0 saturated heterocycles. The second-order valence-electron chi connectivity index (χ2n) is 4.86. The van der Waals surface area contributed by atoms with Crippen LogP contribution in [0.5, 0.6) is 17.2 Å². The molecule has 2 N–H and O–H groups in total. The first kappa shape index (κ1) is 15.4. The smallest absolute Gasteiger partial charge is 0.169 e. The highest BCUT2D eigenvalue weighted by molar-refractivity contribution is 5.46. The van der Waals surface area contributed by atoms with E-state index in [1.165, 1.54) is 11.1 Å². The maximum atomic E-state index is 9.15. The van der Waals surface area contributed by atoms with Crippen LogP contribution in [-0.2, 0) is 13.2 Å². The van der Waals surface area contributed by atoms with Crippen molar-refractivity contribution in [2.75, 3.05) is 14.2 Å². The first-order valence-corrected chi connectivity index (χ1v) is 6.87. The maximum Gasteiger partial charge on any atom is 0.169 e. The van der Waals surface area contributed by atoms with Crippen LogP contribution in [0.3, 0.4) is 0 Å². The Labute approximate surface area is 125 Å². The molecule has 0 atom stereocenters. The Morgan fingerprint density at radius 1 is 1.10 bits per heavy atom. The maximum absolute atomic E-state index is 9.15. The summed E-state index contributed by atoms with van der Waals surface area (Å²) in [5, 5.41) is 12.3. The zero-order valence-electron chi connectivity index (χ0n) is 12.6. The fourth-order valence-electron chi connectivity index (χ4n) is 2.14. The summed E-state index contributed by atoms with van der Waals surface area (Å²) in [4.78, 5) is 0. The minimum Gasteiger partial charge on any atom is -0.493 e. The van der Waals surface area contributed by atoms with Gasteiger partial charge in [-0.1, -0.05) is 12.1 Å². The highest BCUT2D eigenvalue weighted by Gasteiger charge is 2.08. The summed E-state index contributed by atoms with van der Waals surface area (Å²) in [5.74, 6) is 2.01. The zero-order chi connectivity index (χ0) is 15.2. The molecule has 0 bridgehead atoms. The lowest BCUT2D eigenvalue weighted by atomic mass is 10.1. The molecule has 0 aromatic heterocycles. The van der Waals surface area contributed by atoms with Crippen molar-refractivity contribution < 1.29 is 14.6 Å². The SMILES string of the molecule is CNCc1ccc(Oc2ccc(CO)cc2OC)cc1C. The molecule has 0 heterocycles. The summed E-state index contributed by atoms with van der Waals surface area (Å²) < 4.78 is 11.2. The minimum absolute atomic E-state index is 0.0194. The Hall–Kier alpha value is -2.04. The van der Waals surface area contributed by atoms with Gasteiger partial charge in [0, 0.05) is 6.54 Å². The van der Waals surface area contributed by atoms with E-state index in [4.69, 9.17) is 14.6 Å². The first-order valence-electron chi connectivity index (χ1n) is 6.87. The van der Waals surface area contributed by atoms with Crippen LogP contribution in [0, 0.1) is 6.92 Å². The van der Waals surface area contributed by atoms with Gasteiger partial charge in [-0.15, -0.1) is 0 Å². The molecule has 0 unspecified atom stereocenters. The van der Waals surface area contributed by atoms with Crippen molar-refractivity contribution in [2.45, 2.75) is 20.1 Å². The lowest BCUT2D eigenvalue weighted by molar-refractivity contribution is 0.280. The molecule has 0 fully saturated rings. The number of aryl methyl sites for hydroxylation is 1. The Morgan fingerprint density at radius 3 is 2.52 bits per heavy atom. The highest BCUT2D eigenvalue weighted by Crippen LogP contribution is 2.33. The molecule has 4 nitrogen and oxygen atoms in total. The molecule has 2 aromatic carbocycles. The molecule has 0 aliphatic carbocycles. The third-order valence-electron chi connectivity index (χ3n) is 3.32. The molecule has 0 aliphatic heterocycles. The summed E-state index contributed by atoms with van der Waals surface area (Å²) in [5.41, 5.74) is 3.21. The van der Waals surface area contributed by atoms with Crippen molar-refractivity contribution in [2.24, 2.45) is 0 Å². The van der Waals surface area contributed by atoms with E-state index in [-0.39, 0.29) is 6.61 Å². The predicted molar refractivity (Wildman–Crippen MR) is 82.9 cm³/mol. The fraction of sp³-hybridized carbons (Fsp3) is 0.294. The largest absolute Gasteiger partial charge is 0.493 e. The van der Waals surface area contributed by atoms with E-state index in [9.17, 15) is 0 Å². The Bertz CT molecular complexity index is 611. The fourth-order valence-corrected chi connectivity index (χ4v) is 2.14. The van der Waals surface area contributed by atoms with Gasteiger partial charge in [0.05, 0.1) is 13.7 Å². The second kappa shape index (κ2) is 7.11. The van der Waals surface area contributed by atoms with E-state index in [1.54, 1.807) is 19.2 Å². The van der Waals surface area contributed by atoms with Crippen molar-refractivity contribution in [3.8, 4) is 17.2 Å². The van der Waals surface area contributed by atoms with Gasteiger partial charge in [-0.2, -0.15) is 0 Å². The molecule has 4 heteroatoms. The van der Waals surface area contributed by atoms with Crippen LogP contribution in [0.1, 0.15) is 16.7 Å². The van der Waals surface area contributed by atoms with E-state index in [0.717, 1.165) is 17.9 Å². The van der Waals surface area contributed by atoms with E-state index < -0.39 is 0 Å². The van der Waals surface area contributed by atoms with Gasteiger partial charge in [0.25, 0.3) is 0 Å². The van der Waals surface area contributed by atoms with Gasteiger partial charge >= 0.3 is 0 Å². The van der Waals surface area contributed by atoms with E-state index >= 15 is 0 Å². The van der Waals surface area contributed by atoms with E-state index in [2.05, 4.69) is 18.3 Å². The summed E-state index contributed by atoms with van der Waals surface area (Å²) >= 11 is 0. The Kier molecular flexibility index (Phi) is 5.20. The molecule has 0 radical (unpaired) electrons. The van der Waals surface area contributed by atoms with Crippen molar-refractivity contribution >= 4 is 0 Å². The van der Waals surface area contributed by atoms with E-state index in [1.807, 2.05) is 25.2 Å². The molecule has 0 aliphatic rings. The molecular formula is C17H21NO3. The number of benzene rings is 2. The average Bonchev–Trinajstić information content (AvgIpc) is 2.50. The van der Waals surface area contributed by atoms with Crippen molar-refractivity contribution in [3.63, 3.8) is 0 Å². The molecule has 0 saturated carbocycles. The Morgan fingerprint density at radius 2 is 1.90 bits per heavy atom. The van der Waals surface area contributed by atoms with Gasteiger partial charge in [-0.3, -0.25) is 0 Å². The van der Waals surface area contributed by atoms with Crippen molar-refractivity contribution in [1.82, 2.24) is 5.32 Å². The van der Waals surface area contributed by atoms with Gasteiger partial charge in [-0.05, 0) is 54.9 Å². The number of hydrogen-bond donors (Lipinski definition) is 2. The monoisotopic (exact) mass is 287 g/mol. The number of aliphatic hydroxyl groups is 1. The van der Waals surface area contributed by atoms with Crippen LogP contribution in [-0.4, -0.2) is 19.3 Å². The van der Waals surface area contributed by atoms with Gasteiger partial charge < -0.3 is 19.9 Å². The topological polar surface area (TPSA) is 50.7 Å². The number of ether oxygens (including phenoxy) is 2. The molecule has 2 rings (SSSR count). The normalized spacial score (nSPS) is 10.5. The number of nitrogens with one attached hydrogen (secondary N) is 1. The molecule has 21 heavy (non-hydrogen) atoms. The standard InChI is InChI=1S/C17H21NO3/c1-12-8-15(6-5-14(12)10-18-2)21-16-7-4-13(11-19)9-17(16)20-3/h4-9,18-19H,10-11H2,1-3H3. The summed E-state index contributed by atoms with van der Waals surface area (Å²) in [6.07, 6.45) is 0. The lowest BCUT2D eigenvalue weighted by Gasteiger charge is -2.13. The molecule has 0 amide bonds. The predicted octanol–water partition coefficient (Wildman–Crippen LogP) is 3.01. The first-order chi connectivity index (χ1) is 10.2. The number of methoxy groups -OCH3 is 1. The summed E-state index contributed by atoms with van der Waals surface area (Å²) in [6, 6.07) is 11.4. The number of aliphatic hydroxyl groups excluding tert-OH is 1. The number of rotatable bonds is 6. The molecule has 2 aromatic rings.